The van der Waals surface area contributed by atoms with Crippen LogP contribution < -0.4 is 5.73 Å². The molecule has 0 spiro atoms. The van der Waals surface area contributed by atoms with Crippen LogP contribution in [0.5, 0.6) is 0 Å². The van der Waals surface area contributed by atoms with E-state index in [1.165, 1.54) is 4.88 Å². The van der Waals surface area contributed by atoms with Crippen molar-refractivity contribution in [2.24, 2.45) is 5.73 Å². The number of nitrogens with two attached hydrogens (primary N) is 1. The van der Waals surface area contributed by atoms with Crippen molar-refractivity contribution < 1.29 is 0 Å². The van der Waals surface area contributed by atoms with Crippen molar-refractivity contribution in [3.8, 4) is 0 Å². The molecule has 12 heavy (non-hydrogen) atoms. The molecule has 0 aliphatic carbocycles. The van der Waals surface area contributed by atoms with E-state index >= 15 is 0 Å². The van der Waals surface area contributed by atoms with Crippen molar-refractivity contribution in [2.45, 2.75) is 25.3 Å². The molecule has 2 N–H and O–H groups in total. The second-order valence-electron chi connectivity index (χ2n) is 2.73. The van der Waals surface area contributed by atoms with Crippen molar-refractivity contribution in [1.29, 1.82) is 0 Å². The molecule has 1 heterocycles. The van der Waals surface area contributed by atoms with Gasteiger partial charge in [0.1, 0.15) is 0 Å². The van der Waals surface area contributed by atoms with Crippen LogP contribution in [0.2, 0.25) is 0 Å². The minimum atomic E-state index is 0.164. The Balaban J connectivity index is 2.29. The van der Waals surface area contributed by atoms with Crippen LogP contribution in [0, 0.1) is 0 Å². The van der Waals surface area contributed by atoms with Crippen LogP contribution in [0.4, 0.5) is 0 Å². The average molecular weight is 182 g/mol. The van der Waals surface area contributed by atoms with E-state index in [0.29, 0.717) is 0 Å². The van der Waals surface area contributed by atoms with Crippen LogP contribution in [0.3, 0.4) is 0 Å². The number of aromatic nitrogens is 1. The van der Waals surface area contributed by atoms with E-state index in [-0.39, 0.29) is 6.04 Å². The van der Waals surface area contributed by atoms with Gasteiger partial charge in [0.2, 0.25) is 0 Å². The van der Waals surface area contributed by atoms with Crippen LogP contribution >= 0.6 is 11.3 Å². The Bertz CT molecular complexity index is 218. The van der Waals surface area contributed by atoms with E-state index < -0.39 is 0 Å². The first kappa shape index (κ1) is 9.42. The predicted octanol–water partition coefficient (Wildman–Crippen LogP) is 2.50. The SMILES string of the molecule is C=CCCCC(N)c1cncs1. The summed E-state index contributed by atoms with van der Waals surface area (Å²) < 4.78 is 0. The number of hydrogen-bond acceptors (Lipinski definition) is 3. The maximum absolute atomic E-state index is 5.92. The van der Waals surface area contributed by atoms with Crippen molar-refractivity contribution in [3.63, 3.8) is 0 Å². The van der Waals surface area contributed by atoms with Gasteiger partial charge in [-0.15, -0.1) is 17.9 Å². The predicted molar refractivity (Wildman–Crippen MR) is 53.1 cm³/mol. The average Bonchev–Trinajstić information content (AvgIpc) is 2.56. The van der Waals surface area contributed by atoms with Crippen molar-refractivity contribution in [2.75, 3.05) is 0 Å². The zero-order valence-electron chi connectivity index (χ0n) is 7.07. The molecule has 66 valence electrons. The van der Waals surface area contributed by atoms with Gasteiger partial charge in [-0.05, 0) is 19.3 Å². The normalized spacial score (nSPS) is 12.8. The summed E-state index contributed by atoms with van der Waals surface area (Å²) in [5.41, 5.74) is 7.74. The summed E-state index contributed by atoms with van der Waals surface area (Å²) in [6.07, 6.45) is 6.96. The number of rotatable bonds is 5. The van der Waals surface area contributed by atoms with Gasteiger partial charge in [-0.2, -0.15) is 0 Å². The van der Waals surface area contributed by atoms with E-state index in [1.807, 2.05) is 17.8 Å². The molecule has 1 rings (SSSR count). The molecule has 1 aromatic heterocycles. The minimum absolute atomic E-state index is 0.164. The Labute approximate surface area is 77.1 Å². The lowest BCUT2D eigenvalue weighted by Gasteiger charge is -2.06. The van der Waals surface area contributed by atoms with E-state index in [1.54, 1.807) is 11.3 Å². The van der Waals surface area contributed by atoms with Crippen molar-refractivity contribution in [1.82, 2.24) is 4.98 Å². The molecule has 1 atom stereocenters. The highest BCUT2D eigenvalue weighted by atomic mass is 32.1. The summed E-state index contributed by atoms with van der Waals surface area (Å²) in [5, 5.41) is 0. The third kappa shape index (κ3) is 2.75. The van der Waals surface area contributed by atoms with Crippen LogP contribution in [0.1, 0.15) is 30.2 Å². The largest absolute Gasteiger partial charge is 0.323 e. The Kier molecular flexibility index (Phi) is 3.97. The maximum atomic E-state index is 5.92. The molecule has 0 fully saturated rings. The second kappa shape index (κ2) is 5.06. The molecule has 3 heteroatoms. The molecule has 0 aromatic carbocycles. The summed E-state index contributed by atoms with van der Waals surface area (Å²) in [6.45, 7) is 3.67. The first-order valence-corrected chi connectivity index (χ1v) is 4.97. The number of unbranched alkanes of at least 4 members (excludes halogenated alkanes) is 1. The summed E-state index contributed by atoms with van der Waals surface area (Å²) in [6, 6.07) is 0.164. The summed E-state index contributed by atoms with van der Waals surface area (Å²) in [4.78, 5) is 5.17. The zero-order valence-corrected chi connectivity index (χ0v) is 7.89. The molecule has 0 radical (unpaired) electrons. The third-order valence-corrected chi connectivity index (χ3v) is 2.65. The van der Waals surface area contributed by atoms with E-state index in [4.69, 9.17) is 5.73 Å². The molecule has 2 nitrogen and oxygen atoms in total. The highest BCUT2D eigenvalue weighted by molar-refractivity contribution is 7.09. The van der Waals surface area contributed by atoms with E-state index in [9.17, 15) is 0 Å². The summed E-state index contributed by atoms with van der Waals surface area (Å²) in [7, 11) is 0. The molecule has 0 bridgehead atoms. The van der Waals surface area contributed by atoms with Crippen LogP contribution in [0.15, 0.2) is 24.4 Å². The van der Waals surface area contributed by atoms with Gasteiger partial charge in [-0.25, -0.2) is 0 Å². The van der Waals surface area contributed by atoms with Gasteiger partial charge in [0.15, 0.2) is 0 Å². The topological polar surface area (TPSA) is 38.9 Å². The molecule has 0 saturated heterocycles. The lowest BCUT2D eigenvalue weighted by molar-refractivity contribution is 0.625. The van der Waals surface area contributed by atoms with E-state index in [0.717, 1.165) is 19.3 Å². The number of thiazole rings is 1. The molecular formula is C9H14N2S. The van der Waals surface area contributed by atoms with Gasteiger partial charge < -0.3 is 5.73 Å². The standard InChI is InChI=1S/C9H14N2S/c1-2-3-4-5-8(10)9-6-11-7-12-9/h2,6-8H,1,3-5,10H2. The first-order valence-electron chi connectivity index (χ1n) is 4.09. The van der Waals surface area contributed by atoms with Crippen molar-refractivity contribution in [3.05, 3.63) is 29.2 Å². The van der Waals surface area contributed by atoms with Gasteiger partial charge in [-0.3, -0.25) is 4.98 Å². The van der Waals surface area contributed by atoms with Crippen molar-refractivity contribution >= 4 is 11.3 Å². The smallest absolute Gasteiger partial charge is 0.0794 e. The summed E-state index contributed by atoms with van der Waals surface area (Å²) >= 11 is 1.63. The molecule has 0 aliphatic heterocycles. The van der Waals surface area contributed by atoms with Gasteiger partial charge in [0, 0.05) is 17.1 Å². The Morgan fingerprint density at radius 3 is 3.17 bits per heavy atom. The molecule has 1 unspecified atom stereocenters. The highest BCUT2D eigenvalue weighted by Gasteiger charge is 2.05. The maximum Gasteiger partial charge on any atom is 0.0794 e. The molecule has 0 saturated carbocycles. The lowest BCUT2D eigenvalue weighted by atomic mass is 10.1. The summed E-state index contributed by atoms with van der Waals surface area (Å²) in [5.74, 6) is 0. The van der Waals surface area contributed by atoms with E-state index in [2.05, 4.69) is 11.6 Å². The number of hydrogen-bond donors (Lipinski definition) is 1. The molecule has 1 aromatic rings. The molecule has 0 aliphatic rings. The Morgan fingerprint density at radius 1 is 1.75 bits per heavy atom. The van der Waals surface area contributed by atoms with Gasteiger partial charge in [0.25, 0.3) is 0 Å². The fourth-order valence-electron chi connectivity index (χ4n) is 1.03. The third-order valence-electron chi connectivity index (χ3n) is 1.74. The van der Waals surface area contributed by atoms with Crippen LogP contribution in [-0.2, 0) is 0 Å². The highest BCUT2D eigenvalue weighted by Crippen LogP contribution is 2.19. The number of nitrogens with zero attached hydrogens (tertiary/aromatic N) is 1. The van der Waals surface area contributed by atoms with Gasteiger partial charge in [-0.1, -0.05) is 6.08 Å². The van der Waals surface area contributed by atoms with Crippen LogP contribution in [-0.4, -0.2) is 4.98 Å². The fourth-order valence-corrected chi connectivity index (χ4v) is 1.69. The minimum Gasteiger partial charge on any atom is -0.323 e. The van der Waals surface area contributed by atoms with Gasteiger partial charge in [0.05, 0.1) is 5.51 Å². The lowest BCUT2D eigenvalue weighted by Crippen LogP contribution is -2.07. The van der Waals surface area contributed by atoms with Crippen LogP contribution in [0.25, 0.3) is 0 Å². The fraction of sp³-hybridized carbons (Fsp3) is 0.444. The zero-order chi connectivity index (χ0) is 8.81. The molecular weight excluding hydrogens is 168 g/mol. The quantitative estimate of drug-likeness (QED) is 0.561. The second-order valence-corrected chi connectivity index (χ2v) is 3.65. The number of allylic oxidation sites excluding steroid dienone is 1. The monoisotopic (exact) mass is 182 g/mol. The Hall–Kier alpha value is -0.670. The first-order chi connectivity index (χ1) is 5.84. The van der Waals surface area contributed by atoms with Gasteiger partial charge >= 0.3 is 0 Å². The molecule has 0 amide bonds. The Morgan fingerprint density at radius 2 is 2.58 bits per heavy atom.